The van der Waals surface area contributed by atoms with E-state index in [1.54, 1.807) is 24.6 Å². The fourth-order valence-corrected chi connectivity index (χ4v) is 4.79. The number of carbonyl (C=O) groups is 2. The van der Waals surface area contributed by atoms with Gasteiger partial charge >= 0.3 is 5.97 Å². The molecule has 2 atom stereocenters. The number of nitrogens with zero attached hydrogens (tertiary/aromatic N) is 2. The number of aromatic carboxylic acids is 1. The van der Waals surface area contributed by atoms with Gasteiger partial charge in [0.15, 0.2) is 0 Å². The molecule has 1 saturated carbocycles. The molecule has 3 heterocycles. The molecule has 172 valence electrons. The Balaban J connectivity index is 1.57. The summed E-state index contributed by atoms with van der Waals surface area (Å²) in [6.07, 6.45) is 6.12. The van der Waals surface area contributed by atoms with Gasteiger partial charge in [0.25, 0.3) is 0 Å². The first kappa shape index (κ1) is 21.1. The van der Waals surface area contributed by atoms with E-state index < -0.39 is 12.0 Å². The molecule has 0 saturated heterocycles. The number of primary amides is 1. The van der Waals surface area contributed by atoms with E-state index in [1.165, 1.54) is 7.11 Å². The van der Waals surface area contributed by atoms with Crippen molar-refractivity contribution >= 4 is 17.7 Å². The van der Waals surface area contributed by atoms with Crippen LogP contribution in [0.25, 0.3) is 0 Å². The number of amides is 1. The number of ether oxygens (including phenoxy) is 2. The number of hydrogen-bond acceptors (Lipinski definition) is 7. The predicted molar refractivity (Wildman–Crippen MR) is 120 cm³/mol. The Bertz CT molecular complexity index is 1160. The molecule has 0 bridgehead atoms. The number of carboxylic acids is 1. The van der Waals surface area contributed by atoms with Crippen molar-refractivity contribution in [1.29, 1.82) is 0 Å². The summed E-state index contributed by atoms with van der Waals surface area (Å²) in [4.78, 5) is 30.6. The number of rotatable bonds is 7. The van der Waals surface area contributed by atoms with Crippen LogP contribution in [0.3, 0.4) is 0 Å². The Labute approximate surface area is 191 Å². The Morgan fingerprint density at radius 1 is 1.36 bits per heavy atom. The van der Waals surface area contributed by atoms with Crippen LogP contribution in [0.1, 0.15) is 42.1 Å². The van der Waals surface area contributed by atoms with Gasteiger partial charge in [-0.3, -0.25) is 4.79 Å². The maximum atomic E-state index is 12.0. The molecule has 3 aliphatic heterocycles. The predicted octanol–water partition coefficient (Wildman–Crippen LogP) is 2.11. The van der Waals surface area contributed by atoms with Crippen molar-refractivity contribution in [1.82, 2.24) is 10.2 Å². The number of amidine groups is 1. The third-order valence-electron chi connectivity index (χ3n) is 6.51. The van der Waals surface area contributed by atoms with Crippen molar-refractivity contribution in [3.8, 4) is 5.75 Å². The number of aliphatic imine (C=N–C) groups is 1. The van der Waals surface area contributed by atoms with Crippen LogP contribution >= 0.6 is 0 Å². The Morgan fingerprint density at radius 3 is 2.82 bits per heavy atom. The molecule has 1 aliphatic carbocycles. The van der Waals surface area contributed by atoms with Gasteiger partial charge in [-0.2, -0.15) is 0 Å². The zero-order valence-electron chi connectivity index (χ0n) is 18.5. The van der Waals surface area contributed by atoms with E-state index in [0.717, 1.165) is 36.1 Å². The van der Waals surface area contributed by atoms with Gasteiger partial charge in [-0.25, -0.2) is 9.79 Å². The zero-order chi connectivity index (χ0) is 23.3. The highest BCUT2D eigenvalue weighted by molar-refractivity contribution is 6.04. The van der Waals surface area contributed by atoms with Gasteiger partial charge in [0, 0.05) is 23.4 Å². The van der Waals surface area contributed by atoms with E-state index >= 15 is 0 Å². The average Bonchev–Trinajstić information content (AvgIpc) is 3.60. The standard InChI is InChI=1S/C24H26N4O5/c1-12-7-15-10-33-11-18(27-20(22(25)29)13-3-4-13)17-9-26-23(28(12)21(15)17)14-5-6-19(32-2)16(8-14)24(30)31/h5-6,8-9,11-13,20,27H,3-4,7,10H2,1-2H3,(H2,25,29)(H,30,31). The Hall–Kier alpha value is -3.75. The number of carbonyl (C=O) groups excluding carboxylic acids is 1. The number of hydrogen-bond donors (Lipinski definition) is 3. The molecule has 0 radical (unpaired) electrons. The maximum absolute atomic E-state index is 12.0. The van der Waals surface area contributed by atoms with Gasteiger partial charge in [-0.1, -0.05) is 0 Å². The van der Waals surface area contributed by atoms with Gasteiger partial charge in [0.1, 0.15) is 36.1 Å². The highest BCUT2D eigenvalue weighted by Crippen LogP contribution is 2.42. The summed E-state index contributed by atoms with van der Waals surface area (Å²) in [6.45, 7) is 2.53. The molecule has 1 amide bonds. The minimum Gasteiger partial charge on any atom is -0.496 e. The lowest BCUT2D eigenvalue weighted by Crippen LogP contribution is -2.44. The summed E-state index contributed by atoms with van der Waals surface area (Å²) < 4.78 is 11.0. The first-order valence-corrected chi connectivity index (χ1v) is 11.0. The first-order chi connectivity index (χ1) is 15.9. The summed E-state index contributed by atoms with van der Waals surface area (Å²) in [6, 6.07) is 4.69. The molecular weight excluding hydrogens is 424 g/mol. The van der Waals surface area contributed by atoms with Crippen molar-refractivity contribution in [2.45, 2.75) is 38.3 Å². The normalized spacial score (nSPS) is 22.3. The second-order valence-corrected chi connectivity index (χ2v) is 8.80. The average molecular weight is 450 g/mol. The minimum atomic E-state index is -1.06. The topological polar surface area (TPSA) is 126 Å². The fourth-order valence-electron chi connectivity index (χ4n) is 4.79. The lowest BCUT2D eigenvalue weighted by Gasteiger charge is -2.33. The van der Waals surface area contributed by atoms with E-state index in [9.17, 15) is 14.7 Å². The van der Waals surface area contributed by atoms with Crippen LogP contribution in [0.4, 0.5) is 0 Å². The van der Waals surface area contributed by atoms with Crippen LogP contribution in [0, 0.1) is 5.92 Å². The largest absolute Gasteiger partial charge is 0.496 e. The van der Waals surface area contributed by atoms with Crippen LogP contribution < -0.4 is 15.8 Å². The lowest BCUT2D eigenvalue weighted by molar-refractivity contribution is -0.120. The molecule has 33 heavy (non-hydrogen) atoms. The van der Waals surface area contributed by atoms with Gasteiger partial charge in [0.05, 0.1) is 18.5 Å². The quantitative estimate of drug-likeness (QED) is 0.581. The van der Waals surface area contributed by atoms with Gasteiger partial charge < -0.3 is 30.5 Å². The van der Waals surface area contributed by atoms with Crippen LogP contribution in [-0.4, -0.2) is 53.5 Å². The number of nitrogens with one attached hydrogen (secondary N) is 1. The summed E-state index contributed by atoms with van der Waals surface area (Å²) in [5.41, 5.74) is 10.0. The van der Waals surface area contributed by atoms with E-state index in [0.29, 0.717) is 29.5 Å². The smallest absolute Gasteiger partial charge is 0.339 e. The third kappa shape index (κ3) is 3.63. The number of nitrogens with two attached hydrogens (primary N) is 1. The van der Waals surface area contributed by atoms with E-state index in [4.69, 9.17) is 20.2 Å². The molecule has 9 heteroatoms. The number of methoxy groups -OCH3 is 1. The van der Waals surface area contributed by atoms with E-state index in [1.807, 2.05) is 6.07 Å². The molecule has 0 spiro atoms. The SMILES string of the molecule is COc1ccc(C2=NC=C3C(NC(C(N)=O)C4CC4)=COCC4=C3N2C(C)C4)cc1C(=O)O. The maximum Gasteiger partial charge on any atom is 0.339 e. The molecule has 2 unspecified atom stereocenters. The van der Waals surface area contributed by atoms with Crippen molar-refractivity contribution in [3.05, 3.63) is 64.3 Å². The van der Waals surface area contributed by atoms with Crippen molar-refractivity contribution in [3.63, 3.8) is 0 Å². The summed E-state index contributed by atoms with van der Waals surface area (Å²) >= 11 is 0. The van der Waals surface area contributed by atoms with E-state index in [-0.39, 0.29) is 23.4 Å². The third-order valence-corrected chi connectivity index (χ3v) is 6.51. The molecule has 1 aromatic carbocycles. The fraction of sp³-hybridized carbons (Fsp3) is 0.375. The highest BCUT2D eigenvalue weighted by Gasteiger charge is 2.41. The Morgan fingerprint density at radius 2 is 2.15 bits per heavy atom. The molecule has 1 aromatic rings. The van der Waals surface area contributed by atoms with Crippen molar-refractivity contribution in [2.75, 3.05) is 13.7 Å². The van der Waals surface area contributed by atoms with Crippen LogP contribution in [-0.2, 0) is 9.53 Å². The van der Waals surface area contributed by atoms with Crippen LogP contribution in [0.15, 0.2) is 58.2 Å². The molecule has 4 aliphatic rings. The van der Waals surface area contributed by atoms with Crippen molar-refractivity contribution < 1.29 is 24.2 Å². The minimum absolute atomic E-state index is 0.0775. The summed E-state index contributed by atoms with van der Waals surface area (Å²) in [5.74, 6) is -0.255. The first-order valence-electron chi connectivity index (χ1n) is 11.0. The lowest BCUT2D eigenvalue weighted by atomic mass is 10.0. The van der Waals surface area contributed by atoms with Crippen LogP contribution in [0.5, 0.6) is 5.75 Å². The Kier molecular flexibility index (Phi) is 5.11. The second kappa shape index (κ2) is 7.99. The number of benzene rings is 1. The molecule has 1 fully saturated rings. The van der Waals surface area contributed by atoms with Gasteiger partial charge in [-0.15, -0.1) is 0 Å². The molecule has 9 nitrogen and oxygen atoms in total. The van der Waals surface area contributed by atoms with Crippen molar-refractivity contribution in [2.24, 2.45) is 16.6 Å². The summed E-state index contributed by atoms with van der Waals surface area (Å²) in [5, 5.41) is 12.9. The van der Waals surface area contributed by atoms with Gasteiger partial charge in [0.2, 0.25) is 5.91 Å². The molecule has 5 rings (SSSR count). The van der Waals surface area contributed by atoms with Crippen LogP contribution in [0.2, 0.25) is 0 Å². The molecular formula is C24H26N4O5. The molecule has 0 aromatic heterocycles. The zero-order valence-corrected chi connectivity index (χ0v) is 18.5. The van der Waals surface area contributed by atoms with E-state index in [2.05, 4.69) is 17.1 Å². The molecule has 4 N–H and O–H groups in total. The second-order valence-electron chi connectivity index (χ2n) is 8.80. The van der Waals surface area contributed by atoms with Gasteiger partial charge in [-0.05, 0) is 55.9 Å². The highest BCUT2D eigenvalue weighted by atomic mass is 16.5. The summed E-state index contributed by atoms with van der Waals surface area (Å²) in [7, 11) is 1.45. The monoisotopic (exact) mass is 450 g/mol. The number of carboxylic acid groups (broad SMARTS) is 1.